The van der Waals surface area contributed by atoms with Gasteiger partial charge in [-0.25, -0.2) is 0 Å². The zero-order valence-corrected chi connectivity index (χ0v) is 13.0. The molecule has 1 unspecified atom stereocenters. The van der Waals surface area contributed by atoms with Crippen LogP contribution in [0.2, 0.25) is 0 Å². The standard InChI is InChI=1S/C16H27NO4/c1-17(11-13-6-5-9-21-12-13)14(18)10-16(15(19)20)7-3-2-4-8-16/h13H,2-12H2,1H3,(H,19,20). The normalized spacial score (nSPS) is 25.3. The van der Waals surface area contributed by atoms with Gasteiger partial charge in [0.1, 0.15) is 0 Å². The lowest BCUT2D eigenvalue weighted by atomic mass is 9.71. The maximum atomic E-state index is 12.4. The van der Waals surface area contributed by atoms with Crippen LogP contribution in [0.25, 0.3) is 0 Å². The van der Waals surface area contributed by atoms with Crippen molar-refractivity contribution in [2.75, 3.05) is 26.8 Å². The highest BCUT2D eigenvalue weighted by Crippen LogP contribution is 2.40. The van der Waals surface area contributed by atoms with Gasteiger partial charge in [0.25, 0.3) is 0 Å². The summed E-state index contributed by atoms with van der Waals surface area (Å²) in [7, 11) is 1.79. The Labute approximate surface area is 126 Å². The second-order valence-electron chi connectivity index (χ2n) is 6.68. The maximum absolute atomic E-state index is 12.4. The molecule has 2 aliphatic rings. The zero-order chi connectivity index (χ0) is 15.3. The summed E-state index contributed by atoms with van der Waals surface area (Å²) in [5, 5.41) is 9.55. The number of carboxylic acids is 1. The summed E-state index contributed by atoms with van der Waals surface area (Å²) < 4.78 is 5.44. The molecule has 0 spiro atoms. The molecule has 1 saturated heterocycles. The van der Waals surface area contributed by atoms with E-state index in [0.29, 0.717) is 31.9 Å². The minimum atomic E-state index is -0.827. The Hall–Kier alpha value is -1.10. The molecule has 2 fully saturated rings. The van der Waals surface area contributed by atoms with Crippen molar-refractivity contribution in [1.29, 1.82) is 0 Å². The van der Waals surface area contributed by atoms with Crippen LogP contribution in [0.5, 0.6) is 0 Å². The molecule has 120 valence electrons. The second kappa shape index (κ2) is 7.25. The van der Waals surface area contributed by atoms with Gasteiger partial charge in [-0.2, -0.15) is 0 Å². The largest absolute Gasteiger partial charge is 0.481 e. The maximum Gasteiger partial charge on any atom is 0.310 e. The predicted octanol–water partition coefficient (Wildman–Crippen LogP) is 2.30. The van der Waals surface area contributed by atoms with Gasteiger partial charge in [0.2, 0.25) is 5.91 Å². The fourth-order valence-corrected chi connectivity index (χ4v) is 3.56. The lowest BCUT2D eigenvalue weighted by Gasteiger charge is -2.34. The van der Waals surface area contributed by atoms with Gasteiger partial charge >= 0.3 is 5.97 Å². The summed E-state index contributed by atoms with van der Waals surface area (Å²) in [5.74, 6) is -0.449. The van der Waals surface area contributed by atoms with Crippen molar-refractivity contribution in [3.63, 3.8) is 0 Å². The number of aliphatic carboxylic acids is 1. The van der Waals surface area contributed by atoms with Crippen molar-refractivity contribution >= 4 is 11.9 Å². The summed E-state index contributed by atoms with van der Waals surface area (Å²) >= 11 is 0. The van der Waals surface area contributed by atoms with Gasteiger partial charge in [-0.05, 0) is 31.6 Å². The molecule has 21 heavy (non-hydrogen) atoms. The fraction of sp³-hybridized carbons (Fsp3) is 0.875. The first-order valence-electron chi connectivity index (χ1n) is 8.09. The van der Waals surface area contributed by atoms with Crippen LogP contribution in [0.3, 0.4) is 0 Å². The Morgan fingerprint density at radius 1 is 1.24 bits per heavy atom. The smallest absolute Gasteiger partial charge is 0.310 e. The van der Waals surface area contributed by atoms with E-state index in [1.165, 1.54) is 0 Å². The summed E-state index contributed by atoms with van der Waals surface area (Å²) in [5.41, 5.74) is -0.827. The molecule has 1 atom stereocenters. The molecule has 0 radical (unpaired) electrons. The first-order valence-corrected chi connectivity index (χ1v) is 8.09. The van der Waals surface area contributed by atoms with Crippen molar-refractivity contribution in [3.8, 4) is 0 Å². The molecular weight excluding hydrogens is 270 g/mol. The average molecular weight is 297 g/mol. The molecule has 1 amide bonds. The highest BCUT2D eigenvalue weighted by molar-refractivity contribution is 5.85. The van der Waals surface area contributed by atoms with E-state index in [1.807, 2.05) is 0 Å². The van der Waals surface area contributed by atoms with Crippen LogP contribution in [0.1, 0.15) is 51.4 Å². The van der Waals surface area contributed by atoms with Crippen LogP contribution in [0.15, 0.2) is 0 Å². The molecule has 1 aliphatic heterocycles. The summed E-state index contributed by atoms with van der Waals surface area (Å²) in [6.45, 7) is 2.20. The Balaban J connectivity index is 1.90. The predicted molar refractivity (Wildman–Crippen MR) is 79.0 cm³/mol. The van der Waals surface area contributed by atoms with Gasteiger partial charge in [-0.3, -0.25) is 9.59 Å². The van der Waals surface area contributed by atoms with E-state index in [1.54, 1.807) is 11.9 Å². The van der Waals surface area contributed by atoms with E-state index in [-0.39, 0.29) is 12.3 Å². The molecule has 2 rings (SSSR count). The van der Waals surface area contributed by atoms with Crippen LogP contribution in [0, 0.1) is 11.3 Å². The van der Waals surface area contributed by atoms with Gasteiger partial charge < -0.3 is 14.7 Å². The molecule has 1 N–H and O–H groups in total. The lowest BCUT2D eigenvalue weighted by Crippen LogP contribution is -2.41. The van der Waals surface area contributed by atoms with Crippen molar-refractivity contribution in [2.45, 2.75) is 51.4 Å². The molecule has 1 heterocycles. The number of hydrogen-bond acceptors (Lipinski definition) is 3. The first kappa shape index (κ1) is 16.3. The summed E-state index contributed by atoms with van der Waals surface area (Å²) in [4.78, 5) is 25.8. The Morgan fingerprint density at radius 2 is 1.95 bits per heavy atom. The molecule has 0 aromatic heterocycles. The van der Waals surface area contributed by atoms with E-state index in [4.69, 9.17) is 4.74 Å². The van der Waals surface area contributed by atoms with Crippen molar-refractivity contribution in [1.82, 2.24) is 4.90 Å². The van der Waals surface area contributed by atoms with E-state index in [9.17, 15) is 14.7 Å². The molecule has 0 aromatic carbocycles. The minimum Gasteiger partial charge on any atom is -0.481 e. The Bertz CT molecular complexity index is 370. The van der Waals surface area contributed by atoms with Crippen molar-refractivity contribution in [3.05, 3.63) is 0 Å². The van der Waals surface area contributed by atoms with Crippen molar-refractivity contribution < 1.29 is 19.4 Å². The molecular formula is C16H27NO4. The van der Waals surface area contributed by atoms with Crippen LogP contribution < -0.4 is 0 Å². The number of carbonyl (C=O) groups excluding carboxylic acids is 1. The number of amides is 1. The van der Waals surface area contributed by atoms with Gasteiger partial charge in [0, 0.05) is 26.6 Å². The van der Waals surface area contributed by atoms with Gasteiger partial charge in [-0.15, -0.1) is 0 Å². The van der Waals surface area contributed by atoms with E-state index < -0.39 is 11.4 Å². The molecule has 1 aliphatic carbocycles. The van der Waals surface area contributed by atoms with E-state index >= 15 is 0 Å². The molecule has 5 nitrogen and oxygen atoms in total. The van der Waals surface area contributed by atoms with Crippen LogP contribution >= 0.6 is 0 Å². The topological polar surface area (TPSA) is 66.8 Å². The number of nitrogens with zero attached hydrogens (tertiary/aromatic N) is 1. The number of ether oxygens (including phenoxy) is 1. The summed E-state index contributed by atoms with van der Waals surface area (Å²) in [6, 6.07) is 0. The van der Waals surface area contributed by atoms with Gasteiger partial charge in [0.05, 0.1) is 12.0 Å². The Morgan fingerprint density at radius 3 is 2.52 bits per heavy atom. The zero-order valence-electron chi connectivity index (χ0n) is 13.0. The number of carbonyl (C=O) groups is 2. The monoisotopic (exact) mass is 297 g/mol. The van der Waals surface area contributed by atoms with Crippen LogP contribution in [-0.4, -0.2) is 48.7 Å². The number of carboxylic acid groups (broad SMARTS) is 1. The van der Waals surface area contributed by atoms with Crippen LogP contribution in [0.4, 0.5) is 0 Å². The third kappa shape index (κ3) is 4.19. The fourth-order valence-electron chi connectivity index (χ4n) is 3.56. The molecule has 5 heteroatoms. The van der Waals surface area contributed by atoms with Gasteiger partial charge in [0.15, 0.2) is 0 Å². The third-order valence-corrected chi connectivity index (χ3v) is 4.97. The molecule has 0 aromatic rings. The molecule has 1 saturated carbocycles. The lowest BCUT2D eigenvalue weighted by molar-refractivity contribution is -0.156. The van der Waals surface area contributed by atoms with E-state index in [2.05, 4.69) is 0 Å². The number of rotatable bonds is 5. The second-order valence-corrected chi connectivity index (χ2v) is 6.68. The first-order chi connectivity index (χ1) is 10.0. The number of hydrogen-bond donors (Lipinski definition) is 1. The SMILES string of the molecule is CN(CC1CCCOC1)C(=O)CC1(C(=O)O)CCCCC1. The van der Waals surface area contributed by atoms with Crippen LogP contribution in [-0.2, 0) is 14.3 Å². The Kier molecular flexibility index (Phi) is 5.62. The summed E-state index contributed by atoms with van der Waals surface area (Å²) in [6.07, 6.45) is 6.46. The van der Waals surface area contributed by atoms with Crippen molar-refractivity contribution in [2.24, 2.45) is 11.3 Å². The quantitative estimate of drug-likeness (QED) is 0.845. The van der Waals surface area contributed by atoms with Gasteiger partial charge in [-0.1, -0.05) is 19.3 Å². The third-order valence-electron chi connectivity index (χ3n) is 4.97. The van der Waals surface area contributed by atoms with E-state index in [0.717, 1.165) is 38.7 Å². The highest BCUT2D eigenvalue weighted by Gasteiger charge is 2.42. The average Bonchev–Trinajstić information content (AvgIpc) is 2.49. The minimum absolute atomic E-state index is 0.0372. The highest BCUT2D eigenvalue weighted by atomic mass is 16.5. The molecule has 0 bridgehead atoms.